The van der Waals surface area contributed by atoms with E-state index in [0.29, 0.717) is 55.4 Å². The Hall–Kier alpha value is -3.60. The van der Waals surface area contributed by atoms with Crippen molar-refractivity contribution in [2.75, 3.05) is 43.0 Å². The first-order chi connectivity index (χ1) is 13.6. The van der Waals surface area contributed by atoms with Crippen LogP contribution >= 0.6 is 0 Å². The van der Waals surface area contributed by atoms with Gasteiger partial charge < -0.3 is 19.9 Å². The Morgan fingerprint density at radius 1 is 1.21 bits per heavy atom. The Morgan fingerprint density at radius 2 is 2.00 bits per heavy atom. The lowest BCUT2D eigenvalue weighted by Gasteiger charge is -2.34. The molecule has 1 aromatic carbocycles. The highest BCUT2D eigenvalue weighted by atomic mass is 16.6. The first-order valence-electron chi connectivity index (χ1n) is 9.05. The summed E-state index contributed by atoms with van der Waals surface area (Å²) in [6.07, 6.45) is 1.29. The molecule has 0 saturated carbocycles. The second-order valence-corrected chi connectivity index (χ2v) is 6.22. The van der Waals surface area contributed by atoms with Gasteiger partial charge in [-0.1, -0.05) is 6.07 Å². The molecule has 2 aromatic rings. The molecule has 8 nitrogen and oxygen atoms in total. The van der Waals surface area contributed by atoms with Gasteiger partial charge in [0.1, 0.15) is 5.82 Å². The van der Waals surface area contributed by atoms with Gasteiger partial charge in [-0.2, -0.15) is 5.26 Å². The third-order valence-electron chi connectivity index (χ3n) is 4.39. The van der Waals surface area contributed by atoms with Crippen LogP contribution in [0.3, 0.4) is 0 Å². The molecular weight excluding hydrogens is 358 g/mol. The molecule has 0 aliphatic carbocycles. The van der Waals surface area contributed by atoms with Crippen LogP contribution in [0.25, 0.3) is 0 Å². The number of anilines is 2. The van der Waals surface area contributed by atoms with E-state index in [2.05, 4.69) is 10.3 Å². The number of nitrogens with one attached hydrogen (secondary N) is 1. The molecule has 1 aliphatic heterocycles. The molecule has 1 saturated heterocycles. The van der Waals surface area contributed by atoms with Gasteiger partial charge in [0.15, 0.2) is 0 Å². The summed E-state index contributed by atoms with van der Waals surface area (Å²) in [5.74, 6) is 0.408. The van der Waals surface area contributed by atoms with Crippen LogP contribution in [0.15, 0.2) is 42.6 Å². The van der Waals surface area contributed by atoms with E-state index in [4.69, 9.17) is 10.00 Å². The molecule has 1 aromatic heterocycles. The van der Waals surface area contributed by atoms with Crippen LogP contribution in [0, 0.1) is 11.3 Å². The highest BCUT2D eigenvalue weighted by Crippen LogP contribution is 2.17. The van der Waals surface area contributed by atoms with Crippen molar-refractivity contribution in [2.45, 2.75) is 6.92 Å². The zero-order valence-electron chi connectivity index (χ0n) is 15.6. The third kappa shape index (κ3) is 4.57. The average molecular weight is 379 g/mol. The fraction of sp³-hybridized carbons (Fsp3) is 0.300. The number of rotatable bonds is 4. The molecule has 0 radical (unpaired) electrons. The molecule has 2 heterocycles. The molecule has 0 bridgehead atoms. The first-order valence-corrected chi connectivity index (χ1v) is 9.05. The summed E-state index contributed by atoms with van der Waals surface area (Å²) in [6.45, 7) is 4.44. The summed E-state index contributed by atoms with van der Waals surface area (Å²) in [6, 6.07) is 12.2. The number of piperazine rings is 1. The van der Waals surface area contributed by atoms with E-state index in [-0.39, 0.29) is 12.0 Å². The zero-order valence-corrected chi connectivity index (χ0v) is 15.6. The van der Waals surface area contributed by atoms with Gasteiger partial charge in [-0.15, -0.1) is 0 Å². The van der Waals surface area contributed by atoms with Crippen molar-refractivity contribution < 1.29 is 14.3 Å². The van der Waals surface area contributed by atoms with Crippen LogP contribution in [0.2, 0.25) is 0 Å². The van der Waals surface area contributed by atoms with Crippen molar-refractivity contribution in [3.63, 3.8) is 0 Å². The summed E-state index contributed by atoms with van der Waals surface area (Å²) in [7, 11) is 0. The topological polar surface area (TPSA) is 98.6 Å². The van der Waals surface area contributed by atoms with Crippen molar-refractivity contribution in [1.82, 2.24) is 9.88 Å². The van der Waals surface area contributed by atoms with Crippen LogP contribution in [-0.4, -0.2) is 54.7 Å². The van der Waals surface area contributed by atoms with Crippen molar-refractivity contribution in [2.24, 2.45) is 0 Å². The monoisotopic (exact) mass is 379 g/mol. The number of pyridine rings is 1. The summed E-state index contributed by atoms with van der Waals surface area (Å²) >= 11 is 0. The smallest absolute Gasteiger partial charge is 0.409 e. The fourth-order valence-corrected chi connectivity index (χ4v) is 2.94. The molecular formula is C20H21N5O3. The van der Waals surface area contributed by atoms with Crippen LogP contribution < -0.4 is 10.2 Å². The van der Waals surface area contributed by atoms with Gasteiger partial charge >= 0.3 is 6.09 Å². The molecule has 1 aliphatic rings. The molecule has 28 heavy (non-hydrogen) atoms. The number of hydrogen-bond acceptors (Lipinski definition) is 6. The highest BCUT2D eigenvalue weighted by Gasteiger charge is 2.23. The maximum atomic E-state index is 12.6. The molecule has 144 valence electrons. The molecule has 8 heteroatoms. The number of benzene rings is 1. The van der Waals surface area contributed by atoms with E-state index in [1.54, 1.807) is 54.4 Å². The predicted molar refractivity (Wildman–Crippen MR) is 104 cm³/mol. The molecule has 3 rings (SSSR count). The van der Waals surface area contributed by atoms with E-state index in [1.807, 2.05) is 11.0 Å². The minimum Gasteiger partial charge on any atom is -0.450 e. The Labute approximate surface area is 163 Å². The SMILES string of the molecule is CCOC(=O)N1CCN(c2cc(C(=O)Nc3cccc(C#N)c3)ccn2)CC1. The number of aromatic nitrogens is 1. The summed E-state index contributed by atoms with van der Waals surface area (Å²) in [5, 5.41) is 11.8. The van der Waals surface area contributed by atoms with Gasteiger partial charge in [-0.05, 0) is 37.3 Å². The van der Waals surface area contributed by atoms with E-state index >= 15 is 0 Å². The second kappa shape index (κ2) is 8.86. The average Bonchev–Trinajstić information content (AvgIpc) is 2.74. The second-order valence-electron chi connectivity index (χ2n) is 6.22. The van der Waals surface area contributed by atoms with Crippen LogP contribution in [-0.2, 0) is 4.74 Å². The minimum absolute atomic E-state index is 0.274. The van der Waals surface area contributed by atoms with E-state index in [1.165, 1.54) is 0 Å². The van der Waals surface area contributed by atoms with Crippen molar-refractivity contribution >= 4 is 23.5 Å². The van der Waals surface area contributed by atoms with E-state index < -0.39 is 0 Å². The van der Waals surface area contributed by atoms with Crippen LogP contribution in [0.5, 0.6) is 0 Å². The fourth-order valence-electron chi connectivity index (χ4n) is 2.94. The van der Waals surface area contributed by atoms with Crippen molar-refractivity contribution in [3.05, 3.63) is 53.7 Å². The number of amides is 2. The molecule has 0 atom stereocenters. The molecule has 1 fully saturated rings. The molecule has 1 N–H and O–H groups in total. The predicted octanol–water partition coefficient (Wildman–Crippen LogP) is 2.48. The summed E-state index contributed by atoms with van der Waals surface area (Å²) < 4.78 is 5.03. The van der Waals surface area contributed by atoms with Gasteiger partial charge in [0.2, 0.25) is 0 Å². The van der Waals surface area contributed by atoms with Crippen molar-refractivity contribution in [3.8, 4) is 6.07 Å². The van der Waals surface area contributed by atoms with Gasteiger partial charge in [0.05, 0.1) is 18.2 Å². The Balaban J connectivity index is 1.65. The largest absolute Gasteiger partial charge is 0.450 e. The maximum Gasteiger partial charge on any atom is 0.409 e. The summed E-state index contributed by atoms with van der Waals surface area (Å²) in [4.78, 5) is 32.4. The van der Waals surface area contributed by atoms with Gasteiger partial charge in [0, 0.05) is 43.6 Å². The van der Waals surface area contributed by atoms with E-state index in [0.717, 1.165) is 0 Å². The normalized spacial score (nSPS) is 13.6. The number of carbonyl (C=O) groups is 2. The lowest BCUT2D eigenvalue weighted by molar-refractivity contribution is 0.102. The lowest BCUT2D eigenvalue weighted by atomic mass is 10.2. The van der Waals surface area contributed by atoms with Gasteiger partial charge in [-0.25, -0.2) is 9.78 Å². The first kappa shape index (κ1) is 19.2. The van der Waals surface area contributed by atoms with Gasteiger partial charge in [-0.3, -0.25) is 4.79 Å². The zero-order chi connectivity index (χ0) is 19.9. The highest BCUT2D eigenvalue weighted by molar-refractivity contribution is 6.04. The molecule has 0 spiro atoms. The number of carbonyl (C=O) groups excluding carboxylic acids is 2. The third-order valence-corrected chi connectivity index (χ3v) is 4.39. The maximum absolute atomic E-state index is 12.6. The van der Waals surface area contributed by atoms with Gasteiger partial charge in [0.25, 0.3) is 5.91 Å². The van der Waals surface area contributed by atoms with E-state index in [9.17, 15) is 9.59 Å². The van der Waals surface area contributed by atoms with Crippen LogP contribution in [0.4, 0.5) is 16.3 Å². The Morgan fingerprint density at radius 3 is 2.71 bits per heavy atom. The number of ether oxygens (including phenoxy) is 1. The Kier molecular flexibility index (Phi) is 6.07. The number of nitriles is 1. The lowest BCUT2D eigenvalue weighted by Crippen LogP contribution is -2.49. The minimum atomic E-state index is -0.303. The van der Waals surface area contributed by atoms with Crippen LogP contribution in [0.1, 0.15) is 22.8 Å². The number of nitrogens with zero attached hydrogens (tertiary/aromatic N) is 4. The molecule has 0 unspecified atom stereocenters. The Bertz CT molecular complexity index is 901. The summed E-state index contributed by atoms with van der Waals surface area (Å²) in [5.41, 5.74) is 1.51. The standard InChI is InChI=1S/C20H21N5O3/c1-2-28-20(27)25-10-8-24(9-11-25)18-13-16(6-7-22-18)19(26)23-17-5-3-4-15(12-17)14-21/h3-7,12-13H,2,8-11H2,1H3,(H,23,26). The quantitative estimate of drug-likeness (QED) is 0.876. The number of hydrogen-bond donors (Lipinski definition) is 1. The van der Waals surface area contributed by atoms with Crippen molar-refractivity contribution in [1.29, 1.82) is 5.26 Å². The molecule has 2 amide bonds.